The number of allylic oxidation sites excluding steroid dienone is 1. The van der Waals surface area contributed by atoms with E-state index in [1.165, 1.54) is 37.4 Å². The summed E-state index contributed by atoms with van der Waals surface area (Å²) in [7, 11) is 8.05. The molecule has 2 aliphatic rings. The minimum Gasteiger partial charge on any atom is -0.496 e. The molecule has 0 aliphatic carbocycles. The molecule has 1 saturated heterocycles. The van der Waals surface area contributed by atoms with Crippen molar-refractivity contribution in [2.45, 2.75) is 44.8 Å². The number of pyridine rings is 1. The summed E-state index contributed by atoms with van der Waals surface area (Å²) in [6.45, 7) is 3.44. The Balaban J connectivity index is 1.53. The maximum atomic E-state index is 6.10. The van der Waals surface area contributed by atoms with E-state index in [1.54, 1.807) is 51.9 Å². The lowest BCUT2D eigenvalue weighted by Gasteiger charge is -2.22. The van der Waals surface area contributed by atoms with Crippen molar-refractivity contribution in [2.75, 3.05) is 52.4 Å². The number of likely N-dealkylation sites (tertiary alicyclic amines) is 1. The Labute approximate surface area is 274 Å². The number of nitrogens with zero attached hydrogens (tertiary/aromatic N) is 5. The maximum Gasteiger partial charge on any atom is 0.199 e. The van der Waals surface area contributed by atoms with Crippen molar-refractivity contribution in [3.63, 3.8) is 0 Å². The molecule has 2 unspecified atom stereocenters. The molecular weight excluding hydrogens is 597 g/mol. The van der Waals surface area contributed by atoms with E-state index >= 15 is 0 Å². The molecule has 4 bridgehead atoms. The number of rotatable bonds is 8. The van der Waals surface area contributed by atoms with Crippen molar-refractivity contribution in [3.05, 3.63) is 60.0 Å². The smallest absolute Gasteiger partial charge is 0.199 e. The van der Waals surface area contributed by atoms with E-state index in [9.17, 15) is 0 Å². The summed E-state index contributed by atoms with van der Waals surface area (Å²) in [6, 6.07) is 9.96. The normalized spacial score (nSPS) is 20.8. The first kappa shape index (κ1) is 33.2. The van der Waals surface area contributed by atoms with Crippen LogP contribution in [0.25, 0.3) is 16.7 Å². The Morgan fingerprint density at radius 3 is 2.87 bits per heavy atom. The molecule has 5 rings (SSSR count). The summed E-state index contributed by atoms with van der Waals surface area (Å²) < 4.78 is 18.1. The van der Waals surface area contributed by atoms with Gasteiger partial charge in [-0.25, -0.2) is 15.0 Å². The van der Waals surface area contributed by atoms with Crippen LogP contribution in [-0.2, 0) is 11.3 Å². The molecule has 1 aromatic carbocycles. The van der Waals surface area contributed by atoms with Crippen LogP contribution >= 0.6 is 9.24 Å². The average molecular weight is 642 g/mol. The molecule has 46 heavy (non-hydrogen) atoms. The minimum absolute atomic E-state index is 0.312. The van der Waals surface area contributed by atoms with E-state index in [4.69, 9.17) is 30.6 Å². The number of benzene rings is 1. The quantitative estimate of drug-likeness (QED) is 0.186. The fourth-order valence-electron chi connectivity index (χ4n) is 5.94. The van der Waals surface area contributed by atoms with Gasteiger partial charge in [0.1, 0.15) is 23.1 Å². The summed E-state index contributed by atoms with van der Waals surface area (Å²) in [5.74, 6) is 6.85. The predicted octanol–water partition coefficient (Wildman–Crippen LogP) is 5.55. The lowest BCUT2D eigenvalue weighted by atomic mass is 9.98. The van der Waals surface area contributed by atoms with E-state index in [0.29, 0.717) is 47.7 Å². The Morgan fingerprint density at radius 1 is 1.20 bits per heavy atom. The highest BCUT2D eigenvalue weighted by atomic mass is 31.0. The SMILES string of the molecule is C#C[C@H]1CCO/C(NC)=C(/C=NC)c2ncc(-c3ccc(CN4CCCC(CCP)CC4)cc3OC)c(n2)Nc2cc(ccn2)O1. The number of terminal acetylenes is 1. The Hall–Kier alpha value is -4.19. The summed E-state index contributed by atoms with van der Waals surface area (Å²) in [5, 5.41) is 6.52. The lowest BCUT2D eigenvalue weighted by Crippen LogP contribution is -2.24. The molecule has 3 atom stereocenters. The summed E-state index contributed by atoms with van der Waals surface area (Å²) in [5.41, 5.74) is 3.42. The molecule has 3 aromatic rings. The van der Waals surface area contributed by atoms with Gasteiger partial charge in [0.25, 0.3) is 0 Å². The van der Waals surface area contributed by atoms with E-state index in [2.05, 4.69) is 58.9 Å². The first-order valence-electron chi connectivity index (χ1n) is 15.8. The van der Waals surface area contributed by atoms with Crippen LogP contribution in [0.4, 0.5) is 11.6 Å². The number of fused-ring (bicyclic) bond motifs is 4. The van der Waals surface area contributed by atoms with Gasteiger partial charge in [0.2, 0.25) is 0 Å². The molecule has 11 heteroatoms. The number of aromatic nitrogens is 3. The highest BCUT2D eigenvalue weighted by Crippen LogP contribution is 2.37. The second-order valence-corrected chi connectivity index (χ2v) is 12.0. The van der Waals surface area contributed by atoms with Gasteiger partial charge in [-0.3, -0.25) is 9.89 Å². The third-order valence-corrected chi connectivity index (χ3v) is 8.64. The molecule has 0 spiro atoms. The summed E-state index contributed by atoms with van der Waals surface area (Å²) >= 11 is 0. The van der Waals surface area contributed by atoms with Crippen LogP contribution in [0.5, 0.6) is 11.5 Å². The zero-order chi connectivity index (χ0) is 32.3. The van der Waals surface area contributed by atoms with Gasteiger partial charge >= 0.3 is 0 Å². The third-order valence-electron chi connectivity index (χ3n) is 8.31. The zero-order valence-electron chi connectivity index (χ0n) is 27.0. The van der Waals surface area contributed by atoms with Gasteiger partial charge < -0.3 is 24.8 Å². The number of aliphatic imine (C=N–C) groups is 1. The van der Waals surface area contributed by atoms with Gasteiger partial charge in [-0.05, 0) is 68.5 Å². The Bertz CT molecular complexity index is 1590. The van der Waals surface area contributed by atoms with E-state index < -0.39 is 6.10 Å². The summed E-state index contributed by atoms with van der Waals surface area (Å²) in [6.07, 6.45) is 17.2. The van der Waals surface area contributed by atoms with Crippen molar-refractivity contribution in [1.29, 1.82) is 0 Å². The lowest BCUT2D eigenvalue weighted by molar-refractivity contribution is 0.152. The van der Waals surface area contributed by atoms with Crippen LogP contribution in [-0.4, -0.2) is 79.2 Å². The van der Waals surface area contributed by atoms with Crippen molar-refractivity contribution in [3.8, 4) is 35.0 Å². The van der Waals surface area contributed by atoms with Gasteiger partial charge in [-0.15, -0.1) is 15.7 Å². The van der Waals surface area contributed by atoms with Gasteiger partial charge in [0.15, 0.2) is 17.8 Å². The number of anilines is 2. The van der Waals surface area contributed by atoms with Crippen LogP contribution in [0.2, 0.25) is 0 Å². The second kappa shape index (κ2) is 16.4. The van der Waals surface area contributed by atoms with E-state index in [0.717, 1.165) is 42.4 Å². The van der Waals surface area contributed by atoms with Crippen molar-refractivity contribution < 1.29 is 14.2 Å². The molecule has 2 N–H and O–H groups in total. The highest BCUT2D eigenvalue weighted by Gasteiger charge is 2.21. The Kier molecular flexibility index (Phi) is 11.8. The minimum atomic E-state index is -0.488. The second-order valence-electron chi connectivity index (χ2n) is 11.4. The van der Waals surface area contributed by atoms with Crippen LogP contribution < -0.4 is 20.1 Å². The van der Waals surface area contributed by atoms with Crippen LogP contribution in [0.3, 0.4) is 0 Å². The molecule has 1 fully saturated rings. The number of nitrogens with one attached hydrogen (secondary N) is 2. The van der Waals surface area contributed by atoms with Crippen molar-refractivity contribution in [2.24, 2.45) is 10.9 Å². The molecule has 2 aromatic heterocycles. The first-order chi connectivity index (χ1) is 22.5. The molecule has 10 nitrogen and oxygen atoms in total. The molecule has 0 saturated carbocycles. The van der Waals surface area contributed by atoms with Gasteiger partial charge in [0.05, 0.1) is 19.3 Å². The zero-order valence-corrected chi connectivity index (χ0v) is 28.1. The molecule has 4 heterocycles. The fraction of sp³-hybridized carbons (Fsp3) is 0.429. The summed E-state index contributed by atoms with van der Waals surface area (Å²) in [4.78, 5) is 21.1. The van der Waals surface area contributed by atoms with Crippen molar-refractivity contribution >= 4 is 32.7 Å². The fourth-order valence-corrected chi connectivity index (χ4v) is 6.41. The van der Waals surface area contributed by atoms with Gasteiger partial charge in [-0.2, -0.15) is 0 Å². The van der Waals surface area contributed by atoms with Gasteiger partial charge in [0, 0.05) is 62.9 Å². The predicted molar refractivity (Wildman–Crippen MR) is 188 cm³/mol. The van der Waals surface area contributed by atoms with Crippen LogP contribution in [0.1, 0.15) is 43.5 Å². The number of ether oxygens (including phenoxy) is 3. The first-order valence-corrected chi connectivity index (χ1v) is 16.7. The van der Waals surface area contributed by atoms with E-state index in [1.807, 2.05) is 0 Å². The average Bonchev–Trinajstić information content (AvgIpc) is 3.30. The molecule has 2 aliphatic heterocycles. The molecule has 242 valence electrons. The maximum absolute atomic E-state index is 6.10. The number of methoxy groups -OCH3 is 1. The van der Waals surface area contributed by atoms with Crippen LogP contribution in [0.15, 0.2) is 53.6 Å². The topological polar surface area (TPSA) is 106 Å². The number of hydrogen-bond donors (Lipinski definition) is 2. The standard InChI is InChI=1S/C35H44N7O3P/c1-5-26-12-17-44-35(37-3)30(21-36-2)33-39-22-29(34(41-33)40-32-20-27(45-26)10-14-38-32)28-9-8-25(19-31(28)43-4)23-42-15-6-7-24(11-16-42)13-18-46/h1,8-10,14,19-22,24,26,37H,6-7,11-13,15-18,23,46H2,2-4H3,(H,38,39,40,41)/b35-30-,36-21?/t24?,26-/m0/s1. The highest BCUT2D eigenvalue weighted by molar-refractivity contribution is 7.16. The molecule has 0 amide bonds. The number of hydrogen-bond acceptors (Lipinski definition) is 10. The third kappa shape index (κ3) is 8.34. The monoisotopic (exact) mass is 641 g/mol. The van der Waals surface area contributed by atoms with Gasteiger partial charge in [-0.1, -0.05) is 18.1 Å². The molecule has 0 radical (unpaired) electrons. The van der Waals surface area contributed by atoms with Crippen molar-refractivity contribution in [1.82, 2.24) is 25.2 Å². The Morgan fingerprint density at radius 2 is 2.09 bits per heavy atom. The molecular formula is C35H44N7O3P. The largest absolute Gasteiger partial charge is 0.496 e. The van der Waals surface area contributed by atoms with Crippen LogP contribution in [0, 0.1) is 18.3 Å². The van der Waals surface area contributed by atoms with E-state index in [-0.39, 0.29) is 0 Å².